The molecular weight excluding hydrogens is 353 g/mol. The molecule has 0 saturated heterocycles. The molecule has 1 aromatic carbocycles. The van der Waals surface area contributed by atoms with Crippen LogP contribution in [0.25, 0.3) is 0 Å². The number of aromatic nitrogens is 2. The minimum Gasteiger partial charge on any atom is -0.406 e. The highest BCUT2D eigenvalue weighted by Gasteiger charge is 2.31. The molecule has 1 heterocycles. The standard InChI is InChI=1S/C16H17F3N4O3/c1-9(2)21-15(25)12-8-20-23(3)13(12)22-14(24)10-4-6-11(7-5-10)26-16(17,18)19/h4-9H,1-3H3,(H,21,25)(H,22,24). The van der Waals surface area contributed by atoms with Gasteiger partial charge >= 0.3 is 6.36 Å². The molecule has 0 saturated carbocycles. The lowest BCUT2D eigenvalue weighted by molar-refractivity contribution is -0.274. The number of carbonyl (C=O) groups excluding carboxylic acids is 2. The Morgan fingerprint density at radius 3 is 2.31 bits per heavy atom. The fourth-order valence-corrected chi connectivity index (χ4v) is 2.08. The van der Waals surface area contributed by atoms with Gasteiger partial charge in [0.25, 0.3) is 11.8 Å². The summed E-state index contributed by atoms with van der Waals surface area (Å²) in [7, 11) is 1.54. The first kappa shape index (κ1) is 19.3. The molecule has 0 bridgehead atoms. The first-order chi connectivity index (χ1) is 12.1. The second-order valence-electron chi connectivity index (χ2n) is 5.68. The second kappa shape index (κ2) is 7.46. The van der Waals surface area contributed by atoms with E-state index in [-0.39, 0.29) is 23.0 Å². The van der Waals surface area contributed by atoms with Crippen LogP contribution in [0.3, 0.4) is 0 Å². The van der Waals surface area contributed by atoms with Gasteiger partial charge in [-0.05, 0) is 38.1 Å². The summed E-state index contributed by atoms with van der Waals surface area (Å²) in [6, 6.07) is 4.31. The van der Waals surface area contributed by atoms with E-state index in [1.165, 1.54) is 23.0 Å². The third kappa shape index (κ3) is 4.98. The van der Waals surface area contributed by atoms with E-state index in [9.17, 15) is 22.8 Å². The Labute approximate surface area is 147 Å². The van der Waals surface area contributed by atoms with E-state index in [2.05, 4.69) is 20.5 Å². The van der Waals surface area contributed by atoms with Crippen molar-refractivity contribution in [1.82, 2.24) is 15.1 Å². The molecule has 2 rings (SSSR count). The zero-order valence-electron chi connectivity index (χ0n) is 14.2. The minimum absolute atomic E-state index is 0.0935. The van der Waals surface area contributed by atoms with Gasteiger partial charge < -0.3 is 15.4 Å². The van der Waals surface area contributed by atoms with E-state index in [0.717, 1.165) is 12.1 Å². The fraction of sp³-hybridized carbons (Fsp3) is 0.312. The molecular formula is C16H17F3N4O3. The highest BCUT2D eigenvalue weighted by atomic mass is 19.4. The quantitative estimate of drug-likeness (QED) is 0.848. The van der Waals surface area contributed by atoms with E-state index in [1.807, 2.05) is 0 Å². The first-order valence-corrected chi connectivity index (χ1v) is 7.57. The van der Waals surface area contributed by atoms with Crippen LogP contribution in [0.1, 0.15) is 34.6 Å². The lowest BCUT2D eigenvalue weighted by Crippen LogP contribution is -2.31. The van der Waals surface area contributed by atoms with Crippen molar-refractivity contribution in [2.24, 2.45) is 7.05 Å². The zero-order valence-corrected chi connectivity index (χ0v) is 14.2. The van der Waals surface area contributed by atoms with Gasteiger partial charge in [0.1, 0.15) is 17.1 Å². The van der Waals surface area contributed by atoms with Crippen LogP contribution in [0.2, 0.25) is 0 Å². The number of carbonyl (C=O) groups is 2. The van der Waals surface area contributed by atoms with Crippen LogP contribution in [-0.4, -0.2) is 34.0 Å². The predicted molar refractivity (Wildman–Crippen MR) is 86.9 cm³/mol. The topological polar surface area (TPSA) is 85.3 Å². The summed E-state index contributed by atoms with van der Waals surface area (Å²) in [5.41, 5.74) is 0.266. The van der Waals surface area contributed by atoms with Gasteiger partial charge in [-0.1, -0.05) is 0 Å². The van der Waals surface area contributed by atoms with Gasteiger partial charge in [0.05, 0.1) is 6.20 Å². The number of amides is 2. The second-order valence-corrected chi connectivity index (χ2v) is 5.68. The zero-order chi connectivity index (χ0) is 19.5. The van der Waals surface area contributed by atoms with E-state index in [0.29, 0.717) is 0 Å². The Hall–Kier alpha value is -3.04. The van der Waals surface area contributed by atoms with Crippen molar-refractivity contribution in [2.45, 2.75) is 26.3 Å². The molecule has 2 N–H and O–H groups in total. The number of halogens is 3. The maximum atomic E-state index is 12.3. The molecule has 0 aliphatic heterocycles. The highest BCUT2D eigenvalue weighted by molar-refractivity contribution is 6.08. The SMILES string of the molecule is CC(C)NC(=O)c1cnn(C)c1NC(=O)c1ccc(OC(F)(F)F)cc1. The van der Waals surface area contributed by atoms with E-state index < -0.39 is 23.9 Å². The van der Waals surface area contributed by atoms with Gasteiger partial charge in [-0.15, -0.1) is 13.2 Å². The average Bonchev–Trinajstić information content (AvgIpc) is 2.87. The third-order valence-corrected chi connectivity index (χ3v) is 3.19. The molecule has 7 nitrogen and oxygen atoms in total. The maximum absolute atomic E-state index is 12.3. The molecule has 0 aliphatic rings. The van der Waals surface area contributed by atoms with E-state index >= 15 is 0 Å². The van der Waals surface area contributed by atoms with Gasteiger partial charge in [-0.2, -0.15) is 5.10 Å². The molecule has 2 aromatic rings. The van der Waals surface area contributed by atoms with Crippen molar-refractivity contribution < 1.29 is 27.5 Å². The fourth-order valence-electron chi connectivity index (χ4n) is 2.08. The number of rotatable bonds is 5. The summed E-state index contributed by atoms with van der Waals surface area (Å²) in [5.74, 6) is -1.28. The van der Waals surface area contributed by atoms with Crippen molar-refractivity contribution in [3.8, 4) is 5.75 Å². The Morgan fingerprint density at radius 1 is 1.15 bits per heavy atom. The van der Waals surface area contributed by atoms with Crippen molar-refractivity contribution >= 4 is 17.6 Å². The molecule has 0 atom stereocenters. The predicted octanol–water partition coefficient (Wildman–Crippen LogP) is 2.71. The minimum atomic E-state index is -4.81. The summed E-state index contributed by atoms with van der Waals surface area (Å²) in [6.45, 7) is 3.58. The normalized spacial score (nSPS) is 11.3. The number of nitrogens with one attached hydrogen (secondary N) is 2. The Balaban J connectivity index is 2.15. The van der Waals surface area contributed by atoms with Crippen molar-refractivity contribution in [3.05, 3.63) is 41.6 Å². The van der Waals surface area contributed by atoms with E-state index in [1.54, 1.807) is 20.9 Å². The van der Waals surface area contributed by atoms with Gasteiger partial charge in [0, 0.05) is 18.7 Å². The van der Waals surface area contributed by atoms with Gasteiger partial charge in [-0.3, -0.25) is 14.3 Å². The number of nitrogens with zero attached hydrogens (tertiary/aromatic N) is 2. The van der Waals surface area contributed by atoms with Crippen molar-refractivity contribution in [3.63, 3.8) is 0 Å². The van der Waals surface area contributed by atoms with Crippen LogP contribution >= 0.6 is 0 Å². The molecule has 0 fully saturated rings. The number of hydrogen-bond donors (Lipinski definition) is 2. The number of aryl methyl sites for hydroxylation is 1. The molecule has 0 spiro atoms. The smallest absolute Gasteiger partial charge is 0.406 e. The Bertz CT molecular complexity index is 798. The molecule has 26 heavy (non-hydrogen) atoms. The first-order valence-electron chi connectivity index (χ1n) is 7.57. The molecule has 0 unspecified atom stereocenters. The molecule has 140 valence electrons. The molecule has 2 amide bonds. The Morgan fingerprint density at radius 2 is 1.77 bits per heavy atom. The monoisotopic (exact) mass is 370 g/mol. The summed E-state index contributed by atoms with van der Waals surface area (Å²) in [4.78, 5) is 24.5. The molecule has 0 radical (unpaired) electrons. The summed E-state index contributed by atoms with van der Waals surface area (Å²) in [6.07, 6.45) is -3.50. The highest BCUT2D eigenvalue weighted by Crippen LogP contribution is 2.23. The van der Waals surface area contributed by atoms with Crippen LogP contribution < -0.4 is 15.4 Å². The van der Waals surface area contributed by atoms with Crippen molar-refractivity contribution in [1.29, 1.82) is 0 Å². The number of benzene rings is 1. The Kier molecular flexibility index (Phi) is 5.53. The number of ether oxygens (including phenoxy) is 1. The average molecular weight is 370 g/mol. The number of alkyl halides is 3. The maximum Gasteiger partial charge on any atom is 0.573 e. The van der Waals surface area contributed by atoms with Crippen LogP contribution in [0.5, 0.6) is 5.75 Å². The largest absolute Gasteiger partial charge is 0.573 e. The molecule has 10 heteroatoms. The third-order valence-electron chi connectivity index (χ3n) is 3.19. The van der Waals surface area contributed by atoms with Crippen molar-refractivity contribution in [2.75, 3.05) is 5.32 Å². The van der Waals surface area contributed by atoms with Gasteiger partial charge in [0.15, 0.2) is 0 Å². The van der Waals surface area contributed by atoms with Gasteiger partial charge in [-0.25, -0.2) is 0 Å². The lowest BCUT2D eigenvalue weighted by Gasteiger charge is -2.11. The van der Waals surface area contributed by atoms with Crippen LogP contribution in [0.15, 0.2) is 30.5 Å². The van der Waals surface area contributed by atoms with Crippen LogP contribution in [-0.2, 0) is 7.05 Å². The number of hydrogen-bond acceptors (Lipinski definition) is 4. The summed E-state index contributed by atoms with van der Waals surface area (Å²) < 4.78 is 41.5. The molecule has 0 aliphatic carbocycles. The van der Waals surface area contributed by atoms with Crippen LogP contribution in [0.4, 0.5) is 19.0 Å². The summed E-state index contributed by atoms with van der Waals surface area (Å²) >= 11 is 0. The number of anilines is 1. The molecule has 1 aromatic heterocycles. The van der Waals surface area contributed by atoms with E-state index in [4.69, 9.17) is 0 Å². The summed E-state index contributed by atoms with van der Waals surface area (Å²) in [5, 5.41) is 9.17. The van der Waals surface area contributed by atoms with Crippen LogP contribution in [0, 0.1) is 0 Å². The lowest BCUT2D eigenvalue weighted by atomic mass is 10.2. The van der Waals surface area contributed by atoms with Gasteiger partial charge in [0.2, 0.25) is 0 Å².